The van der Waals surface area contributed by atoms with Gasteiger partial charge in [-0.2, -0.15) is 0 Å². The first-order chi connectivity index (χ1) is 11.6. The van der Waals surface area contributed by atoms with E-state index in [2.05, 4.69) is 0 Å². The number of hydrogen-bond acceptors (Lipinski definition) is 4. The second-order valence-corrected chi connectivity index (χ2v) is 9.82. The highest BCUT2D eigenvalue weighted by Crippen LogP contribution is 2.27. The smallest absolute Gasteiger partial charge is 0.260 e. The maximum Gasteiger partial charge on any atom is 0.260 e. The number of sulfone groups is 1. The Labute approximate surface area is 155 Å². The van der Waals surface area contributed by atoms with Crippen LogP contribution < -0.4 is 4.74 Å². The minimum Gasteiger partial charge on any atom is -0.483 e. The van der Waals surface area contributed by atoms with Crippen LogP contribution in [-0.2, 0) is 14.6 Å². The van der Waals surface area contributed by atoms with E-state index < -0.39 is 9.84 Å². The minimum absolute atomic E-state index is 0.0461. The zero-order valence-corrected chi connectivity index (χ0v) is 16.8. The summed E-state index contributed by atoms with van der Waals surface area (Å²) < 4.78 is 29.3. The Morgan fingerprint density at radius 2 is 1.92 bits per heavy atom. The van der Waals surface area contributed by atoms with Crippen LogP contribution in [0.2, 0.25) is 5.02 Å². The number of ether oxygens (including phenoxy) is 1. The summed E-state index contributed by atoms with van der Waals surface area (Å²) >= 11 is 6.02. The predicted octanol–water partition coefficient (Wildman–Crippen LogP) is 3.01. The van der Waals surface area contributed by atoms with Gasteiger partial charge in [0.05, 0.1) is 11.5 Å². The van der Waals surface area contributed by atoms with E-state index in [4.69, 9.17) is 16.3 Å². The number of benzene rings is 1. The molecule has 1 aliphatic rings. The van der Waals surface area contributed by atoms with E-state index in [0.29, 0.717) is 23.7 Å². The summed E-state index contributed by atoms with van der Waals surface area (Å²) in [5.41, 5.74) is 1.74. The van der Waals surface area contributed by atoms with Gasteiger partial charge in [0.15, 0.2) is 16.4 Å². The monoisotopic (exact) mass is 387 g/mol. The van der Waals surface area contributed by atoms with E-state index in [-0.39, 0.29) is 36.0 Å². The number of hydrogen-bond donors (Lipinski definition) is 0. The Hall–Kier alpha value is -1.27. The third-order valence-electron chi connectivity index (χ3n) is 4.30. The molecule has 0 spiro atoms. The number of halogens is 1. The molecule has 1 atom stereocenters. The van der Waals surface area contributed by atoms with E-state index in [0.717, 1.165) is 11.1 Å². The first-order valence-corrected chi connectivity index (χ1v) is 10.7. The quantitative estimate of drug-likeness (QED) is 0.752. The zero-order chi connectivity index (χ0) is 18.8. The number of amides is 1. The fraction of sp³-hybridized carbons (Fsp3) is 0.611. The van der Waals surface area contributed by atoms with Gasteiger partial charge >= 0.3 is 0 Å². The zero-order valence-electron chi connectivity index (χ0n) is 15.2. The van der Waals surface area contributed by atoms with E-state index >= 15 is 0 Å². The molecule has 0 aromatic heterocycles. The predicted molar refractivity (Wildman–Crippen MR) is 100 cm³/mol. The van der Waals surface area contributed by atoms with Gasteiger partial charge in [0.25, 0.3) is 5.91 Å². The van der Waals surface area contributed by atoms with Crippen LogP contribution in [0.25, 0.3) is 0 Å². The molecular weight excluding hydrogens is 362 g/mol. The molecule has 1 aromatic rings. The van der Waals surface area contributed by atoms with Crippen molar-refractivity contribution in [3.05, 3.63) is 28.3 Å². The van der Waals surface area contributed by atoms with Gasteiger partial charge in [0.2, 0.25) is 0 Å². The molecule has 0 bridgehead atoms. The SMILES string of the molecule is Cc1cc(Cl)cc(C)c1OCC(=O)N(CC(C)C)C1CCS(=O)(=O)C1. The molecule has 1 heterocycles. The molecule has 0 radical (unpaired) electrons. The van der Waals surface area contributed by atoms with Crippen LogP contribution in [0.5, 0.6) is 5.75 Å². The second kappa shape index (κ2) is 7.96. The van der Waals surface area contributed by atoms with Crippen LogP contribution in [0.15, 0.2) is 12.1 Å². The lowest BCUT2D eigenvalue weighted by molar-refractivity contribution is -0.135. The molecule has 0 saturated carbocycles. The standard InChI is InChI=1S/C18H26ClNO4S/c1-12(2)9-20(16-5-6-25(22,23)11-16)17(21)10-24-18-13(3)7-15(19)8-14(18)4/h7-8,12,16H,5-6,9-11H2,1-4H3. The van der Waals surface area contributed by atoms with Crippen molar-refractivity contribution in [2.45, 2.75) is 40.2 Å². The van der Waals surface area contributed by atoms with Crippen LogP contribution in [0.3, 0.4) is 0 Å². The van der Waals surface area contributed by atoms with Crippen LogP contribution in [0.4, 0.5) is 0 Å². The summed E-state index contributed by atoms with van der Waals surface area (Å²) in [6.07, 6.45) is 0.500. The van der Waals surface area contributed by atoms with E-state index in [1.807, 2.05) is 27.7 Å². The van der Waals surface area contributed by atoms with Gasteiger partial charge in [-0.1, -0.05) is 25.4 Å². The molecule has 1 aromatic carbocycles. The van der Waals surface area contributed by atoms with Crippen molar-refractivity contribution in [2.75, 3.05) is 24.7 Å². The lowest BCUT2D eigenvalue weighted by Crippen LogP contribution is -2.45. The Balaban J connectivity index is 2.10. The van der Waals surface area contributed by atoms with Gasteiger partial charge in [-0.05, 0) is 49.4 Å². The Morgan fingerprint density at radius 1 is 1.32 bits per heavy atom. The van der Waals surface area contributed by atoms with Gasteiger partial charge in [-0.25, -0.2) is 8.42 Å². The third kappa shape index (κ3) is 5.35. The number of aryl methyl sites for hydroxylation is 2. The van der Waals surface area contributed by atoms with Gasteiger partial charge < -0.3 is 9.64 Å². The molecular formula is C18H26ClNO4S. The van der Waals surface area contributed by atoms with Gasteiger partial charge in [-0.3, -0.25) is 4.79 Å². The van der Waals surface area contributed by atoms with E-state index in [9.17, 15) is 13.2 Å². The number of carbonyl (C=O) groups is 1. The highest BCUT2D eigenvalue weighted by atomic mass is 35.5. The third-order valence-corrected chi connectivity index (χ3v) is 6.27. The largest absolute Gasteiger partial charge is 0.483 e. The molecule has 2 rings (SSSR count). The number of nitrogens with zero attached hydrogens (tertiary/aromatic N) is 1. The van der Waals surface area contributed by atoms with Crippen molar-refractivity contribution in [3.63, 3.8) is 0 Å². The molecule has 1 unspecified atom stereocenters. The van der Waals surface area contributed by atoms with Crippen molar-refractivity contribution in [2.24, 2.45) is 5.92 Å². The van der Waals surface area contributed by atoms with Crippen molar-refractivity contribution in [3.8, 4) is 5.75 Å². The van der Waals surface area contributed by atoms with Crippen LogP contribution in [0, 0.1) is 19.8 Å². The maximum atomic E-state index is 12.7. The van der Waals surface area contributed by atoms with Crippen molar-refractivity contribution < 1.29 is 17.9 Å². The molecule has 0 N–H and O–H groups in total. The van der Waals surface area contributed by atoms with Crippen molar-refractivity contribution in [1.82, 2.24) is 4.90 Å². The molecule has 7 heteroatoms. The van der Waals surface area contributed by atoms with Crippen molar-refractivity contribution in [1.29, 1.82) is 0 Å². The summed E-state index contributed by atoms with van der Waals surface area (Å²) in [6.45, 7) is 8.21. The van der Waals surface area contributed by atoms with Crippen LogP contribution in [-0.4, -0.2) is 49.9 Å². The summed E-state index contributed by atoms with van der Waals surface area (Å²) in [7, 11) is -3.04. The molecule has 0 aliphatic carbocycles. The maximum absolute atomic E-state index is 12.7. The average molecular weight is 388 g/mol. The Morgan fingerprint density at radius 3 is 2.40 bits per heavy atom. The number of carbonyl (C=O) groups excluding carboxylic acids is 1. The summed E-state index contributed by atoms with van der Waals surface area (Å²) in [5.74, 6) is 0.928. The molecule has 1 saturated heterocycles. The molecule has 25 heavy (non-hydrogen) atoms. The highest BCUT2D eigenvalue weighted by Gasteiger charge is 2.35. The van der Waals surface area contributed by atoms with Gasteiger partial charge in [-0.15, -0.1) is 0 Å². The average Bonchev–Trinajstić information content (AvgIpc) is 2.83. The summed E-state index contributed by atoms with van der Waals surface area (Å²) in [5, 5.41) is 0.631. The molecule has 5 nitrogen and oxygen atoms in total. The normalized spacial score (nSPS) is 19.2. The summed E-state index contributed by atoms with van der Waals surface area (Å²) in [6, 6.07) is 3.34. The van der Waals surface area contributed by atoms with Crippen LogP contribution >= 0.6 is 11.6 Å². The lowest BCUT2D eigenvalue weighted by Gasteiger charge is -2.30. The van der Waals surface area contributed by atoms with Gasteiger partial charge in [0, 0.05) is 17.6 Å². The molecule has 1 amide bonds. The Bertz CT molecular complexity index is 722. The Kier molecular flexibility index (Phi) is 6.38. The molecule has 140 valence electrons. The fourth-order valence-corrected chi connectivity index (χ4v) is 5.27. The van der Waals surface area contributed by atoms with Gasteiger partial charge in [0.1, 0.15) is 5.75 Å². The van der Waals surface area contributed by atoms with E-state index in [1.165, 1.54) is 0 Å². The first kappa shape index (κ1) is 20.0. The second-order valence-electron chi connectivity index (χ2n) is 7.15. The highest BCUT2D eigenvalue weighted by molar-refractivity contribution is 7.91. The topological polar surface area (TPSA) is 63.7 Å². The van der Waals surface area contributed by atoms with E-state index in [1.54, 1.807) is 17.0 Å². The first-order valence-electron chi connectivity index (χ1n) is 8.48. The molecule has 1 aliphatic heterocycles. The fourth-order valence-electron chi connectivity index (χ4n) is 3.21. The minimum atomic E-state index is -3.04. The molecule has 1 fully saturated rings. The van der Waals surface area contributed by atoms with Crippen LogP contribution in [0.1, 0.15) is 31.4 Å². The summed E-state index contributed by atoms with van der Waals surface area (Å²) in [4.78, 5) is 14.4. The lowest BCUT2D eigenvalue weighted by atomic mass is 10.1. The van der Waals surface area contributed by atoms with Crippen molar-refractivity contribution >= 4 is 27.3 Å². The number of rotatable bonds is 6.